The smallest absolute Gasteiger partial charge is 0.255 e. The van der Waals surface area contributed by atoms with Crippen LogP contribution in [-0.2, 0) is 4.79 Å². The van der Waals surface area contributed by atoms with Crippen LogP contribution < -0.4 is 5.32 Å². The van der Waals surface area contributed by atoms with E-state index >= 15 is 0 Å². The molecule has 1 fully saturated rings. The maximum Gasteiger partial charge on any atom is 0.255 e. The number of nitrogens with zero attached hydrogens (tertiary/aromatic N) is 1. The number of rotatable bonds is 5. The fraction of sp³-hybridized carbons (Fsp3) is 0.533. The number of amides is 1. The van der Waals surface area contributed by atoms with Gasteiger partial charge in [-0.05, 0) is 12.0 Å². The van der Waals surface area contributed by atoms with Crippen LogP contribution in [0.4, 0.5) is 13.2 Å². The van der Waals surface area contributed by atoms with Gasteiger partial charge < -0.3 is 4.90 Å². The molecule has 3 atom stereocenters. The summed E-state index contributed by atoms with van der Waals surface area (Å²) < 4.78 is 39.4. The molecule has 0 aromatic heterocycles. The second-order valence-electron chi connectivity index (χ2n) is 5.34. The maximum absolute atomic E-state index is 13.9. The Morgan fingerprint density at radius 1 is 1.33 bits per heavy atom. The molecule has 1 saturated heterocycles. The summed E-state index contributed by atoms with van der Waals surface area (Å²) in [6, 6.07) is 5.37. The minimum Gasteiger partial charge on any atom is -0.316 e. The number of nitrogens with one attached hydrogen (secondary N) is 1. The minimum atomic E-state index is -2.65. The van der Waals surface area contributed by atoms with Crippen LogP contribution >= 0.6 is 0 Å². The number of carbonyl (C=O) groups is 1. The zero-order chi connectivity index (χ0) is 15.6. The van der Waals surface area contributed by atoms with Gasteiger partial charge in [-0.15, -0.1) is 0 Å². The average molecular weight is 300 g/mol. The number of hydrogen-bond acceptors (Lipinski definition) is 2. The van der Waals surface area contributed by atoms with E-state index in [1.165, 1.54) is 18.2 Å². The molecular formula is C15H19F3N2O. The number of benzene rings is 1. The summed E-state index contributed by atoms with van der Waals surface area (Å²) in [6.45, 7) is 3.10. The van der Waals surface area contributed by atoms with E-state index in [1.54, 1.807) is 6.07 Å². The van der Waals surface area contributed by atoms with Gasteiger partial charge >= 0.3 is 0 Å². The Labute approximate surface area is 122 Å². The van der Waals surface area contributed by atoms with E-state index in [0.717, 1.165) is 11.3 Å². The second kappa shape index (κ2) is 6.47. The first kappa shape index (κ1) is 15.8. The summed E-state index contributed by atoms with van der Waals surface area (Å²) in [5, 5.41) is 3.01. The van der Waals surface area contributed by atoms with E-state index in [0.29, 0.717) is 0 Å². The Morgan fingerprint density at radius 2 is 2.00 bits per heavy atom. The van der Waals surface area contributed by atoms with Crippen LogP contribution in [0.25, 0.3) is 0 Å². The minimum absolute atomic E-state index is 0.00514. The van der Waals surface area contributed by atoms with Crippen molar-refractivity contribution in [2.45, 2.75) is 38.9 Å². The van der Waals surface area contributed by atoms with E-state index in [9.17, 15) is 18.0 Å². The molecule has 1 aromatic carbocycles. The molecule has 0 aliphatic carbocycles. The predicted molar refractivity (Wildman–Crippen MR) is 73.2 cm³/mol. The summed E-state index contributed by atoms with van der Waals surface area (Å²) >= 11 is 0. The molecule has 1 aliphatic heterocycles. The van der Waals surface area contributed by atoms with Gasteiger partial charge in [-0.3, -0.25) is 10.1 Å². The third-order valence-electron chi connectivity index (χ3n) is 3.95. The molecular weight excluding hydrogens is 281 g/mol. The summed E-state index contributed by atoms with van der Waals surface area (Å²) in [5.41, 5.74) is 0.220. The van der Waals surface area contributed by atoms with Crippen molar-refractivity contribution >= 4 is 5.91 Å². The first-order valence-corrected chi connectivity index (χ1v) is 7.04. The zero-order valence-corrected chi connectivity index (χ0v) is 12.0. The summed E-state index contributed by atoms with van der Waals surface area (Å²) in [7, 11) is 0. The number of carbonyl (C=O) groups excluding carboxylic acids is 1. The Bertz CT molecular complexity index is 509. The Kier molecular flexibility index (Phi) is 4.88. The van der Waals surface area contributed by atoms with Crippen molar-refractivity contribution in [3.63, 3.8) is 0 Å². The van der Waals surface area contributed by atoms with E-state index in [1.807, 2.05) is 13.8 Å². The monoisotopic (exact) mass is 300 g/mol. The lowest BCUT2D eigenvalue weighted by Gasteiger charge is -2.24. The maximum atomic E-state index is 13.9. The largest absolute Gasteiger partial charge is 0.316 e. The van der Waals surface area contributed by atoms with Crippen LogP contribution in [0.5, 0.6) is 0 Å². The molecule has 0 bridgehead atoms. The first-order valence-electron chi connectivity index (χ1n) is 7.04. The first-order chi connectivity index (χ1) is 9.95. The van der Waals surface area contributed by atoms with Gasteiger partial charge in [-0.1, -0.05) is 38.5 Å². The van der Waals surface area contributed by atoms with Gasteiger partial charge in [0.15, 0.2) is 0 Å². The predicted octanol–water partition coefficient (Wildman–Crippen LogP) is 2.94. The molecule has 6 heteroatoms. The van der Waals surface area contributed by atoms with E-state index in [-0.39, 0.29) is 11.5 Å². The molecule has 21 heavy (non-hydrogen) atoms. The van der Waals surface area contributed by atoms with Crippen molar-refractivity contribution in [3.05, 3.63) is 35.6 Å². The van der Waals surface area contributed by atoms with Gasteiger partial charge in [-0.2, -0.15) is 0 Å². The van der Waals surface area contributed by atoms with Gasteiger partial charge in [0.25, 0.3) is 6.43 Å². The molecule has 1 aromatic rings. The van der Waals surface area contributed by atoms with Gasteiger partial charge in [0.2, 0.25) is 5.91 Å². The lowest BCUT2D eigenvalue weighted by atomic mass is 9.99. The highest BCUT2D eigenvalue weighted by Gasteiger charge is 2.43. The van der Waals surface area contributed by atoms with Crippen LogP contribution in [-0.4, -0.2) is 29.8 Å². The lowest BCUT2D eigenvalue weighted by Crippen LogP contribution is -2.37. The third kappa shape index (κ3) is 3.20. The standard InChI is InChI=1S/C15H19F3N2O/c1-3-9(2)13-15(21)20(8-12(17)18)14(19-13)10-6-4-5-7-11(10)16/h4-7,9,12-14,19H,3,8H2,1-2H3. The van der Waals surface area contributed by atoms with Gasteiger partial charge in [0.05, 0.1) is 12.6 Å². The number of alkyl halides is 2. The molecule has 0 saturated carbocycles. The topological polar surface area (TPSA) is 32.3 Å². The van der Waals surface area contributed by atoms with E-state index in [4.69, 9.17) is 0 Å². The van der Waals surface area contributed by atoms with Crippen molar-refractivity contribution in [2.24, 2.45) is 5.92 Å². The highest BCUT2D eigenvalue weighted by Crippen LogP contribution is 2.30. The average Bonchev–Trinajstić information content (AvgIpc) is 2.76. The Morgan fingerprint density at radius 3 is 2.57 bits per heavy atom. The van der Waals surface area contributed by atoms with Crippen molar-refractivity contribution in [3.8, 4) is 0 Å². The Hall–Kier alpha value is -1.56. The summed E-state index contributed by atoms with van der Waals surface area (Å²) in [6.07, 6.45) is -2.76. The molecule has 1 aliphatic rings. The summed E-state index contributed by atoms with van der Waals surface area (Å²) in [5.74, 6) is -0.904. The second-order valence-corrected chi connectivity index (χ2v) is 5.34. The van der Waals surface area contributed by atoms with Crippen molar-refractivity contribution in [2.75, 3.05) is 6.54 Å². The van der Waals surface area contributed by atoms with E-state index < -0.39 is 36.9 Å². The fourth-order valence-electron chi connectivity index (χ4n) is 2.58. The molecule has 2 rings (SSSR count). The highest BCUT2D eigenvalue weighted by molar-refractivity contribution is 5.85. The third-order valence-corrected chi connectivity index (χ3v) is 3.95. The summed E-state index contributed by atoms with van der Waals surface area (Å²) in [4.78, 5) is 13.4. The van der Waals surface area contributed by atoms with Crippen molar-refractivity contribution in [1.29, 1.82) is 0 Å². The van der Waals surface area contributed by atoms with Gasteiger partial charge in [-0.25, -0.2) is 13.2 Å². The molecule has 3 nitrogen and oxygen atoms in total. The normalized spacial score (nSPS) is 23.9. The van der Waals surface area contributed by atoms with Gasteiger partial charge in [0, 0.05) is 5.56 Å². The fourth-order valence-corrected chi connectivity index (χ4v) is 2.58. The van der Waals surface area contributed by atoms with Crippen LogP contribution in [0.3, 0.4) is 0 Å². The van der Waals surface area contributed by atoms with Gasteiger partial charge in [0.1, 0.15) is 12.0 Å². The lowest BCUT2D eigenvalue weighted by molar-refractivity contribution is -0.132. The molecule has 1 amide bonds. The SMILES string of the molecule is CCC(C)C1NC(c2ccccc2F)N(CC(F)F)C1=O. The zero-order valence-electron chi connectivity index (χ0n) is 12.0. The van der Waals surface area contributed by atoms with E-state index in [2.05, 4.69) is 5.32 Å². The van der Waals surface area contributed by atoms with Crippen LogP contribution in [0.15, 0.2) is 24.3 Å². The molecule has 1 N–H and O–H groups in total. The number of halogens is 3. The molecule has 0 spiro atoms. The van der Waals surface area contributed by atoms with Crippen LogP contribution in [0.1, 0.15) is 32.0 Å². The molecule has 1 heterocycles. The van der Waals surface area contributed by atoms with Crippen LogP contribution in [0, 0.1) is 11.7 Å². The molecule has 116 valence electrons. The molecule has 3 unspecified atom stereocenters. The quantitative estimate of drug-likeness (QED) is 0.907. The van der Waals surface area contributed by atoms with Crippen molar-refractivity contribution in [1.82, 2.24) is 10.2 Å². The number of hydrogen-bond donors (Lipinski definition) is 1. The molecule has 0 radical (unpaired) electrons. The highest BCUT2D eigenvalue weighted by atomic mass is 19.3. The van der Waals surface area contributed by atoms with Crippen LogP contribution in [0.2, 0.25) is 0 Å². The Balaban J connectivity index is 2.33. The van der Waals surface area contributed by atoms with Crippen molar-refractivity contribution < 1.29 is 18.0 Å².